The van der Waals surface area contributed by atoms with E-state index in [1.807, 2.05) is 19.1 Å². The average molecular weight is 300 g/mol. The number of carbonyl (C=O) groups excluding carboxylic acids is 1. The molecule has 0 aliphatic rings. The molecular formula is C17H20N2O3. The van der Waals surface area contributed by atoms with Crippen LogP contribution < -0.4 is 10.2 Å². The second kappa shape index (κ2) is 8.02. The van der Waals surface area contributed by atoms with Gasteiger partial charge >= 0.3 is 0 Å². The molecule has 0 bridgehead atoms. The average Bonchev–Trinajstić information content (AvgIpc) is 2.96. The van der Waals surface area contributed by atoms with E-state index >= 15 is 0 Å². The Morgan fingerprint density at radius 1 is 1.23 bits per heavy atom. The smallest absolute Gasteiger partial charge is 0.271 e. The molecule has 1 heterocycles. The van der Waals surface area contributed by atoms with Crippen LogP contribution >= 0.6 is 0 Å². The van der Waals surface area contributed by atoms with Crippen LogP contribution in [0.2, 0.25) is 0 Å². The molecule has 1 N–H and O–H groups in total. The fourth-order valence-corrected chi connectivity index (χ4v) is 1.93. The molecule has 2 aromatic rings. The van der Waals surface area contributed by atoms with Crippen LogP contribution in [0.3, 0.4) is 0 Å². The zero-order chi connectivity index (χ0) is 15.8. The summed E-state index contributed by atoms with van der Waals surface area (Å²) < 4.78 is 10.9. The number of carbonyl (C=O) groups is 1. The Morgan fingerprint density at radius 3 is 2.68 bits per heavy atom. The number of benzene rings is 1. The van der Waals surface area contributed by atoms with Gasteiger partial charge in [0.15, 0.2) is 0 Å². The molecule has 0 unspecified atom stereocenters. The molecule has 0 saturated carbocycles. The Hall–Kier alpha value is -2.56. The zero-order valence-corrected chi connectivity index (χ0v) is 12.8. The second-order valence-electron chi connectivity index (χ2n) is 4.71. The third-order valence-corrected chi connectivity index (χ3v) is 2.96. The Morgan fingerprint density at radius 2 is 2.00 bits per heavy atom. The maximum absolute atomic E-state index is 11.9. The standard InChI is InChI=1S/C17H20N2O3/c1-3-5-15-10-11-16(22-15)12-18-19-17(20)13-6-8-14(9-7-13)21-4-2/h6-12H,3-5H2,1-2H3,(H,19,20)/b18-12+. The maximum atomic E-state index is 11.9. The number of hydrogen-bond donors (Lipinski definition) is 1. The summed E-state index contributed by atoms with van der Waals surface area (Å²) in [6, 6.07) is 10.7. The van der Waals surface area contributed by atoms with Crippen molar-refractivity contribution in [2.24, 2.45) is 5.10 Å². The third kappa shape index (κ3) is 4.48. The highest BCUT2D eigenvalue weighted by atomic mass is 16.5. The molecule has 22 heavy (non-hydrogen) atoms. The van der Waals surface area contributed by atoms with Crippen molar-refractivity contribution in [3.8, 4) is 5.75 Å². The highest BCUT2D eigenvalue weighted by molar-refractivity contribution is 5.94. The van der Waals surface area contributed by atoms with Gasteiger partial charge in [-0.05, 0) is 49.7 Å². The summed E-state index contributed by atoms with van der Waals surface area (Å²) >= 11 is 0. The van der Waals surface area contributed by atoms with Crippen LogP contribution in [0.15, 0.2) is 45.9 Å². The number of aryl methyl sites for hydroxylation is 1. The van der Waals surface area contributed by atoms with Crippen molar-refractivity contribution in [1.29, 1.82) is 0 Å². The molecule has 1 aromatic carbocycles. The monoisotopic (exact) mass is 300 g/mol. The maximum Gasteiger partial charge on any atom is 0.271 e. The first-order valence-corrected chi connectivity index (χ1v) is 7.38. The minimum absolute atomic E-state index is 0.278. The van der Waals surface area contributed by atoms with Crippen LogP contribution in [0, 0.1) is 0 Å². The number of amides is 1. The number of ether oxygens (including phenoxy) is 1. The summed E-state index contributed by atoms with van der Waals surface area (Å²) in [6.07, 6.45) is 3.41. The number of nitrogens with one attached hydrogen (secondary N) is 1. The van der Waals surface area contributed by atoms with Crippen molar-refractivity contribution >= 4 is 12.1 Å². The quantitative estimate of drug-likeness (QED) is 0.629. The summed E-state index contributed by atoms with van der Waals surface area (Å²) in [4.78, 5) is 11.9. The molecule has 0 aliphatic carbocycles. The van der Waals surface area contributed by atoms with Crippen molar-refractivity contribution in [1.82, 2.24) is 5.43 Å². The van der Waals surface area contributed by atoms with Crippen LogP contribution in [0.5, 0.6) is 5.75 Å². The first-order valence-electron chi connectivity index (χ1n) is 7.38. The number of hydrazone groups is 1. The van der Waals surface area contributed by atoms with Gasteiger partial charge in [-0.25, -0.2) is 5.43 Å². The van der Waals surface area contributed by atoms with E-state index in [2.05, 4.69) is 17.5 Å². The van der Waals surface area contributed by atoms with Gasteiger partial charge in [0, 0.05) is 12.0 Å². The van der Waals surface area contributed by atoms with Gasteiger partial charge in [0.2, 0.25) is 0 Å². The molecule has 5 nitrogen and oxygen atoms in total. The molecule has 0 radical (unpaired) electrons. The van der Waals surface area contributed by atoms with Gasteiger partial charge < -0.3 is 9.15 Å². The number of hydrogen-bond acceptors (Lipinski definition) is 4. The van der Waals surface area contributed by atoms with Crippen molar-refractivity contribution in [3.05, 3.63) is 53.5 Å². The Bertz CT molecular complexity index is 630. The van der Waals surface area contributed by atoms with E-state index in [0.717, 1.165) is 24.4 Å². The van der Waals surface area contributed by atoms with Crippen LogP contribution in [-0.4, -0.2) is 18.7 Å². The topological polar surface area (TPSA) is 63.8 Å². The molecule has 5 heteroatoms. The molecule has 116 valence electrons. The van der Waals surface area contributed by atoms with E-state index in [9.17, 15) is 4.79 Å². The Labute approximate surface area is 130 Å². The molecule has 0 atom stereocenters. The van der Waals surface area contributed by atoms with Gasteiger partial charge in [-0.2, -0.15) is 5.10 Å². The Kier molecular flexibility index (Phi) is 5.77. The molecule has 1 amide bonds. The SMILES string of the molecule is CCCc1ccc(/C=N/NC(=O)c2ccc(OCC)cc2)o1. The van der Waals surface area contributed by atoms with Gasteiger partial charge in [-0.15, -0.1) is 0 Å². The summed E-state index contributed by atoms with van der Waals surface area (Å²) in [5.41, 5.74) is 2.99. The summed E-state index contributed by atoms with van der Waals surface area (Å²) in [7, 11) is 0. The summed E-state index contributed by atoms with van der Waals surface area (Å²) in [5.74, 6) is 2.00. The predicted octanol–water partition coefficient (Wildman–Crippen LogP) is 3.39. The van der Waals surface area contributed by atoms with Gasteiger partial charge in [0.05, 0.1) is 12.8 Å². The fourth-order valence-electron chi connectivity index (χ4n) is 1.93. The van der Waals surface area contributed by atoms with E-state index < -0.39 is 0 Å². The van der Waals surface area contributed by atoms with Crippen LogP contribution in [0.1, 0.15) is 42.1 Å². The molecule has 0 saturated heterocycles. The molecule has 1 aromatic heterocycles. The van der Waals surface area contributed by atoms with E-state index in [1.54, 1.807) is 24.3 Å². The van der Waals surface area contributed by atoms with E-state index in [4.69, 9.17) is 9.15 Å². The van der Waals surface area contributed by atoms with E-state index in [-0.39, 0.29) is 5.91 Å². The lowest BCUT2D eigenvalue weighted by molar-refractivity contribution is 0.0955. The molecular weight excluding hydrogens is 280 g/mol. The van der Waals surface area contributed by atoms with Crippen LogP contribution in [0.25, 0.3) is 0 Å². The minimum Gasteiger partial charge on any atom is -0.494 e. The predicted molar refractivity (Wildman–Crippen MR) is 85.4 cm³/mol. The van der Waals surface area contributed by atoms with E-state index in [0.29, 0.717) is 17.9 Å². The lowest BCUT2D eigenvalue weighted by atomic mass is 10.2. The highest BCUT2D eigenvalue weighted by Crippen LogP contribution is 2.12. The molecule has 0 fully saturated rings. The summed E-state index contributed by atoms with van der Waals surface area (Å²) in [5, 5.41) is 3.90. The van der Waals surface area contributed by atoms with Crippen LogP contribution in [0.4, 0.5) is 0 Å². The lowest BCUT2D eigenvalue weighted by Gasteiger charge is -2.03. The van der Waals surface area contributed by atoms with Gasteiger partial charge in [-0.3, -0.25) is 4.79 Å². The highest BCUT2D eigenvalue weighted by Gasteiger charge is 2.04. The summed E-state index contributed by atoms with van der Waals surface area (Å²) in [6.45, 7) is 4.60. The lowest BCUT2D eigenvalue weighted by Crippen LogP contribution is -2.17. The van der Waals surface area contributed by atoms with Crippen molar-refractivity contribution in [3.63, 3.8) is 0 Å². The van der Waals surface area contributed by atoms with E-state index in [1.165, 1.54) is 6.21 Å². The number of rotatable bonds is 7. The minimum atomic E-state index is -0.278. The van der Waals surface area contributed by atoms with Crippen molar-refractivity contribution < 1.29 is 13.9 Å². The molecule has 0 aliphatic heterocycles. The number of furan rings is 1. The van der Waals surface area contributed by atoms with Gasteiger partial charge in [0.1, 0.15) is 17.3 Å². The third-order valence-electron chi connectivity index (χ3n) is 2.96. The van der Waals surface area contributed by atoms with Gasteiger partial charge in [0.25, 0.3) is 5.91 Å². The van der Waals surface area contributed by atoms with Gasteiger partial charge in [-0.1, -0.05) is 6.92 Å². The molecule has 0 spiro atoms. The Balaban J connectivity index is 1.89. The van der Waals surface area contributed by atoms with Crippen molar-refractivity contribution in [2.75, 3.05) is 6.61 Å². The second-order valence-corrected chi connectivity index (χ2v) is 4.71. The zero-order valence-electron chi connectivity index (χ0n) is 12.8. The molecule has 2 rings (SSSR count). The van der Waals surface area contributed by atoms with Crippen molar-refractivity contribution in [2.45, 2.75) is 26.7 Å². The number of nitrogens with zero attached hydrogens (tertiary/aromatic N) is 1. The van der Waals surface area contributed by atoms with Crippen LogP contribution in [-0.2, 0) is 6.42 Å². The largest absolute Gasteiger partial charge is 0.494 e. The fraction of sp³-hybridized carbons (Fsp3) is 0.294. The first-order chi connectivity index (χ1) is 10.7. The first kappa shape index (κ1) is 15.8. The normalized spacial score (nSPS) is 10.8.